The number of nitrogens with one attached hydrogen (secondary N) is 3. The van der Waals surface area contributed by atoms with Crippen molar-refractivity contribution in [3.05, 3.63) is 59.9 Å². The van der Waals surface area contributed by atoms with Crippen molar-refractivity contribution < 1.29 is 18.9 Å². The largest absolute Gasteiger partial charge is 0.361 e. The summed E-state index contributed by atoms with van der Waals surface area (Å²) in [5, 5.41) is 9.27. The molecular formula is C26H32N6O4. The molecule has 3 N–H and O–H groups in total. The first kappa shape index (κ1) is 25.2. The number of likely N-dealkylation sites (tertiary alicyclic amines) is 1. The molecule has 0 saturated carbocycles. The number of aromatic amines is 1. The topological polar surface area (TPSA) is 133 Å². The minimum Gasteiger partial charge on any atom is -0.361 e. The predicted octanol–water partition coefficient (Wildman–Crippen LogP) is 3.14. The zero-order chi connectivity index (χ0) is 25.7. The third kappa shape index (κ3) is 5.99. The maximum atomic E-state index is 13.3. The number of aromatic nitrogens is 3. The fourth-order valence-corrected chi connectivity index (χ4v) is 4.38. The third-order valence-corrected chi connectivity index (χ3v) is 6.43. The van der Waals surface area contributed by atoms with Gasteiger partial charge in [0.05, 0.1) is 24.4 Å². The normalized spacial score (nSPS) is 17.3. The average molecular weight is 493 g/mol. The Morgan fingerprint density at radius 1 is 1.19 bits per heavy atom. The van der Waals surface area contributed by atoms with Crippen LogP contribution < -0.4 is 10.6 Å². The Labute approximate surface area is 209 Å². The van der Waals surface area contributed by atoms with E-state index in [1.54, 1.807) is 24.9 Å². The van der Waals surface area contributed by atoms with Crippen molar-refractivity contribution in [3.8, 4) is 11.3 Å². The molecule has 0 spiro atoms. The van der Waals surface area contributed by atoms with Gasteiger partial charge in [0.15, 0.2) is 5.69 Å². The number of imidazole rings is 1. The predicted molar refractivity (Wildman–Crippen MR) is 133 cm³/mol. The van der Waals surface area contributed by atoms with Crippen molar-refractivity contribution in [3.63, 3.8) is 0 Å². The fourth-order valence-electron chi connectivity index (χ4n) is 4.38. The molecule has 1 fully saturated rings. The van der Waals surface area contributed by atoms with Crippen LogP contribution in [0.3, 0.4) is 0 Å². The number of hydrogen-bond acceptors (Lipinski definition) is 6. The van der Waals surface area contributed by atoms with Gasteiger partial charge >= 0.3 is 0 Å². The SMILES string of the molecule is Cc1cc(C(=O)NC(CC(=O)N2CCCCC2C)C(=O)N[C@@H](C)c2ncc(-c3ccccc3)[nH]2)no1. The Bertz CT molecular complexity index is 1200. The summed E-state index contributed by atoms with van der Waals surface area (Å²) in [6.07, 6.45) is 4.48. The van der Waals surface area contributed by atoms with E-state index < -0.39 is 23.9 Å². The number of rotatable bonds is 8. The summed E-state index contributed by atoms with van der Waals surface area (Å²) >= 11 is 0. The third-order valence-electron chi connectivity index (χ3n) is 6.43. The lowest BCUT2D eigenvalue weighted by Crippen LogP contribution is -2.51. The highest BCUT2D eigenvalue weighted by Crippen LogP contribution is 2.20. The summed E-state index contributed by atoms with van der Waals surface area (Å²) < 4.78 is 4.98. The summed E-state index contributed by atoms with van der Waals surface area (Å²) in [6.45, 7) is 6.12. The van der Waals surface area contributed by atoms with Gasteiger partial charge in [0.25, 0.3) is 5.91 Å². The first-order chi connectivity index (χ1) is 17.3. The van der Waals surface area contributed by atoms with E-state index in [9.17, 15) is 14.4 Å². The molecule has 190 valence electrons. The fraction of sp³-hybridized carbons (Fsp3) is 0.423. The molecule has 3 amide bonds. The van der Waals surface area contributed by atoms with Gasteiger partial charge < -0.3 is 25.0 Å². The molecule has 10 nitrogen and oxygen atoms in total. The summed E-state index contributed by atoms with van der Waals surface area (Å²) in [5.74, 6) is -0.193. The van der Waals surface area contributed by atoms with Crippen LogP contribution >= 0.6 is 0 Å². The van der Waals surface area contributed by atoms with Crippen molar-refractivity contribution in [2.24, 2.45) is 0 Å². The molecule has 1 aliphatic heterocycles. The first-order valence-corrected chi connectivity index (χ1v) is 12.3. The molecule has 36 heavy (non-hydrogen) atoms. The standard InChI is InChI=1S/C26H32N6O4/c1-16-9-7-8-12-32(16)23(33)14-20(30-26(35)21-13-17(2)36-31-21)25(34)28-18(3)24-27-15-22(29-24)19-10-5-4-6-11-19/h4-6,10-11,13,15-16,18,20H,7-9,12,14H2,1-3H3,(H,27,29)(H,28,34)(H,30,35)/t16?,18-,20?/m0/s1. The van der Waals surface area contributed by atoms with Gasteiger partial charge in [-0.15, -0.1) is 0 Å². The molecule has 10 heteroatoms. The van der Waals surface area contributed by atoms with Gasteiger partial charge in [-0.3, -0.25) is 14.4 Å². The molecule has 0 bridgehead atoms. The highest BCUT2D eigenvalue weighted by atomic mass is 16.5. The number of piperidine rings is 1. The number of hydrogen-bond donors (Lipinski definition) is 3. The summed E-state index contributed by atoms with van der Waals surface area (Å²) in [5.41, 5.74) is 1.85. The van der Waals surface area contributed by atoms with Gasteiger partial charge in [-0.25, -0.2) is 4.98 Å². The van der Waals surface area contributed by atoms with Crippen LogP contribution in [-0.4, -0.2) is 56.4 Å². The van der Waals surface area contributed by atoms with Gasteiger partial charge in [-0.05, 0) is 45.6 Å². The number of aryl methyl sites for hydroxylation is 1. The molecule has 1 aromatic carbocycles. The van der Waals surface area contributed by atoms with Crippen molar-refractivity contribution >= 4 is 17.7 Å². The number of nitrogens with zero attached hydrogens (tertiary/aromatic N) is 3. The van der Waals surface area contributed by atoms with Crippen LogP contribution in [0.15, 0.2) is 47.1 Å². The lowest BCUT2D eigenvalue weighted by Gasteiger charge is -2.34. The summed E-state index contributed by atoms with van der Waals surface area (Å²) in [6, 6.07) is 9.75. The Morgan fingerprint density at radius 3 is 2.67 bits per heavy atom. The van der Waals surface area contributed by atoms with Crippen LogP contribution in [0.5, 0.6) is 0 Å². The van der Waals surface area contributed by atoms with Gasteiger partial charge in [0.2, 0.25) is 11.8 Å². The molecule has 1 aliphatic rings. The van der Waals surface area contributed by atoms with Crippen molar-refractivity contribution in [1.82, 2.24) is 30.7 Å². The molecule has 3 heterocycles. The molecule has 0 aliphatic carbocycles. The Hall–Kier alpha value is -3.95. The van der Waals surface area contributed by atoms with Crippen LogP contribution in [0.2, 0.25) is 0 Å². The van der Waals surface area contributed by atoms with E-state index in [2.05, 4.69) is 25.8 Å². The summed E-state index contributed by atoms with van der Waals surface area (Å²) in [4.78, 5) is 48.6. The number of carbonyl (C=O) groups is 3. The van der Waals surface area contributed by atoms with Crippen LogP contribution in [-0.2, 0) is 9.59 Å². The average Bonchev–Trinajstić information content (AvgIpc) is 3.54. The number of H-pyrrole nitrogens is 1. The number of carbonyl (C=O) groups excluding carboxylic acids is 3. The second-order valence-electron chi connectivity index (χ2n) is 9.26. The van der Waals surface area contributed by atoms with E-state index in [4.69, 9.17) is 4.52 Å². The molecule has 0 radical (unpaired) electrons. The number of amides is 3. The second-order valence-corrected chi connectivity index (χ2v) is 9.26. The molecule has 3 aromatic rings. The van der Waals surface area contributed by atoms with E-state index in [0.717, 1.165) is 30.5 Å². The molecule has 3 atom stereocenters. The van der Waals surface area contributed by atoms with E-state index in [-0.39, 0.29) is 24.1 Å². The number of benzene rings is 1. The molecular weight excluding hydrogens is 460 g/mol. The van der Waals surface area contributed by atoms with Gasteiger partial charge in [0, 0.05) is 18.7 Å². The van der Waals surface area contributed by atoms with Crippen LogP contribution in [0, 0.1) is 6.92 Å². The van der Waals surface area contributed by atoms with E-state index in [0.29, 0.717) is 18.1 Å². The minimum atomic E-state index is -1.08. The maximum Gasteiger partial charge on any atom is 0.274 e. The zero-order valence-corrected chi connectivity index (χ0v) is 20.8. The molecule has 2 unspecified atom stereocenters. The molecule has 4 rings (SSSR count). The minimum absolute atomic E-state index is 0.0516. The van der Waals surface area contributed by atoms with Crippen LogP contribution in [0.1, 0.15) is 67.6 Å². The monoisotopic (exact) mass is 492 g/mol. The van der Waals surface area contributed by atoms with E-state index in [1.807, 2.05) is 37.3 Å². The Balaban J connectivity index is 1.47. The zero-order valence-electron chi connectivity index (χ0n) is 20.8. The van der Waals surface area contributed by atoms with Crippen molar-refractivity contribution in [1.29, 1.82) is 0 Å². The molecule has 1 saturated heterocycles. The smallest absolute Gasteiger partial charge is 0.274 e. The first-order valence-electron chi connectivity index (χ1n) is 12.3. The summed E-state index contributed by atoms with van der Waals surface area (Å²) in [7, 11) is 0. The van der Waals surface area contributed by atoms with E-state index >= 15 is 0 Å². The van der Waals surface area contributed by atoms with Crippen LogP contribution in [0.25, 0.3) is 11.3 Å². The second kappa shape index (κ2) is 11.2. The van der Waals surface area contributed by atoms with E-state index in [1.165, 1.54) is 6.07 Å². The maximum absolute atomic E-state index is 13.3. The van der Waals surface area contributed by atoms with Crippen molar-refractivity contribution in [2.75, 3.05) is 6.54 Å². The Kier molecular flexibility index (Phi) is 7.82. The molecule has 2 aromatic heterocycles. The quantitative estimate of drug-likeness (QED) is 0.442. The van der Waals surface area contributed by atoms with Gasteiger partial charge in [-0.1, -0.05) is 35.5 Å². The Morgan fingerprint density at radius 2 is 1.97 bits per heavy atom. The lowest BCUT2D eigenvalue weighted by molar-refractivity contribution is -0.137. The van der Waals surface area contributed by atoms with Gasteiger partial charge in [0.1, 0.15) is 17.6 Å². The van der Waals surface area contributed by atoms with Crippen molar-refractivity contribution in [2.45, 2.75) is 64.6 Å². The highest BCUT2D eigenvalue weighted by Gasteiger charge is 2.31. The van der Waals surface area contributed by atoms with Gasteiger partial charge in [-0.2, -0.15) is 0 Å². The lowest BCUT2D eigenvalue weighted by atomic mass is 10.0. The highest BCUT2D eigenvalue weighted by molar-refractivity contribution is 5.97. The van der Waals surface area contributed by atoms with Crippen LogP contribution in [0.4, 0.5) is 0 Å².